The van der Waals surface area contributed by atoms with Crippen molar-refractivity contribution in [2.24, 2.45) is 5.92 Å². The van der Waals surface area contributed by atoms with Crippen molar-refractivity contribution < 1.29 is 8.78 Å². The fourth-order valence-electron chi connectivity index (χ4n) is 5.40. The molecule has 1 aliphatic rings. The van der Waals surface area contributed by atoms with Crippen molar-refractivity contribution >= 4 is 28.0 Å². The van der Waals surface area contributed by atoms with Crippen molar-refractivity contribution in [3.63, 3.8) is 0 Å². The van der Waals surface area contributed by atoms with E-state index in [0.29, 0.717) is 45.3 Å². The normalized spacial score (nSPS) is 14.6. The van der Waals surface area contributed by atoms with E-state index in [9.17, 15) is 4.39 Å². The van der Waals surface area contributed by atoms with Gasteiger partial charge in [-0.1, -0.05) is 57.2 Å². The highest BCUT2D eigenvalue weighted by molar-refractivity contribution is 5.93. The highest BCUT2D eigenvalue weighted by Gasteiger charge is 2.22. The van der Waals surface area contributed by atoms with Gasteiger partial charge in [0.1, 0.15) is 28.8 Å². The zero-order valence-corrected chi connectivity index (χ0v) is 23.7. The molecule has 42 heavy (non-hydrogen) atoms. The number of fused-ring (bicyclic) bond motifs is 1. The number of nitrogens with zero attached hydrogens (tertiary/aromatic N) is 3. The van der Waals surface area contributed by atoms with Crippen LogP contribution in [0.15, 0.2) is 92.1 Å². The summed E-state index contributed by atoms with van der Waals surface area (Å²) in [5.74, 6) is -0.268. The number of hydrogen-bond acceptors (Lipinski definition) is 5. The molecule has 3 aromatic heterocycles. The van der Waals surface area contributed by atoms with Crippen molar-refractivity contribution in [1.29, 1.82) is 0 Å². The molecule has 1 fully saturated rings. The van der Waals surface area contributed by atoms with Crippen molar-refractivity contribution in [2.75, 3.05) is 5.73 Å². The molecule has 0 saturated heterocycles. The molecule has 1 aromatic carbocycles. The number of allylic oxidation sites excluding steroid dienone is 5. The van der Waals surface area contributed by atoms with E-state index >= 15 is 4.39 Å². The van der Waals surface area contributed by atoms with E-state index in [1.54, 1.807) is 36.5 Å². The lowest BCUT2D eigenvalue weighted by atomic mass is 9.87. The number of nitrogens with one attached hydrogen (secondary N) is 2. The largest absolute Gasteiger partial charge is 0.383 e. The van der Waals surface area contributed by atoms with Gasteiger partial charge < -0.3 is 16.0 Å². The molecule has 214 valence electrons. The molecule has 4 aromatic rings. The van der Waals surface area contributed by atoms with E-state index in [0.717, 1.165) is 18.5 Å². The van der Waals surface area contributed by atoms with Crippen LogP contribution in [-0.2, 0) is 0 Å². The molecule has 4 N–H and O–H groups in total. The first-order valence-corrected chi connectivity index (χ1v) is 14.0. The average molecular weight is 565 g/mol. The zero-order chi connectivity index (χ0) is 29.8. The van der Waals surface area contributed by atoms with Gasteiger partial charge in [0.15, 0.2) is 0 Å². The van der Waals surface area contributed by atoms with E-state index in [-0.39, 0.29) is 28.3 Å². The number of nitrogen functional groups attached to an aromatic ring is 1. The molecule has 1 saturated carbocycles. The van der Waals surface area contributed by atoms with Crippen LogP contribution in [0.25, 0.3) is 33.4 Å². The summed E-state index contributed by atoms with van der Waals surface area (Å²) in [5, 5.41) is 3.38. The third kappa shape index (κ3) is 5.79. The van der Waals surface area contributed by atoms with E-state index in [2.05, 4.69) is 45.0 Å². The van der Waals surface area contributed by atoms with Crippen LogP contribution in [0.3, 0.4) is 0 Å². The number of rotatable bonds is 9. The van der Waals surface area contributed by atoms with Gasteiger partial charge in [-0.2, -0.15) is 0 Å². The smallest absolute Gasteiger partial charge is 0.144 e. The second kappa shape index (κ2) is 12.3. The van der Waals surface area contributed by atoms with Gasteiger partial charge in [-0.3, -0.25) is 4.98 Å². The Labute approximate surface area is 244 Å². The zero-order valence-electron chi connectivity index (χ0n) is 23.7. The Balaban J connectivity index is 1.48. The first kappa shape index (κ1) is 28.7. The summed E-state index contributed by atoms with van der Waals surface area (Å²) >= 11 is 0. The number of imidazole rings is 1. The maximum atomic E-state index is 16.2. The number of halogens is 2. The van der Waals surface area contributed by atoms with Crippen molar-refractivity contribution in [3.05, 3.63) is 121 Å². The summed E-state index contributed by atoms with van der Waals surface area (Å²) in [6.45, 7) is 14.1. The molecule has 8 heteroatoms. The van der Waals surface area contributed by atoms with Crippen LogP contribution in [0, 0.1) is 17.6 Å². The summed E-state index contributed by atoms with van der Waals surface area (Å²) in [6, 6.07) is 7.85. The van der Waals surface area contributed by atoms with Crippen LogP contribution < -0.4 is 11.1 Å². The number of aromatic nitrogens is 4. The Bertz CT molecular complexity index is 1740. The van der Waals surface area contributed by atoms with Gasteiger partial charge in [0.25, 0.3) is 0 Å². The number of nitrogens with two attached hydrogens (primary N) is 1. The lowest BCUT2D eigenvalue weighted by molar-refractivity contribution is 0.393. The number of benzene rings is 1. The third-order valence-corrected chi connectivity index (χ3v) is 7.69. The van der Waals surface area contributed by atoms with Gasteiger partial charge in [0.2, 0.25) is 0 Å². The first-order valence-electron chi connectivity index (χ1n) is 14.0. The van der Waals surface area contributed by atoms with Crippen LogP contribution in [0.2, 0.25) is 0 Å². The molecular formula is C34H34F2N6. The first-order chi connectivity index (χ1) is 20.3. The Hall–Kier alpha value is -4.85. The molecule has 5 rings (SSSR count). The third-order valence-electron chi connectivity index (χ3n) is 7.69. The summed E-state index contributed by atoms with van der Waals surface area (Å²) in [6.07, 6.45) is 14.2. The van der Waals surface area contributed by atoms with Gasteiger partial charge in [-0.15, -0.1) is 0 Å². The monoisotopic (exact) mass is 564 g/mol. The van der Waals surface area contributed by atoms with Gasteiger partial charge >= 0.3 is 0 Å². The SMILES string of the molecule is C=C/C(=C\C(=C/C)c1cnc(N)c(C(=C)c2nc3c(-c4cccc(F)c4)nccc3[nH]2)c1F)NC(=C)C1CCCCC1. The van der Waals surface area contributed by atoms with Crippen LogP contribution in [0.4, 0.5) is 14.6 Å². The van der Waals surface area contributed by atoms with E-state index in [1.165, 1.54) is 37.6 Å². The second-order valence-electron chi connectivity index (χ2n) is 10.4. The maximum absolute atomic E-state index is 16.2. The van der Waals surface area contributed by atoms with E-state index < -0.39 is 5.82 Å². The van der Waals surface area contributed by atoms with Crippen molar-refractivity contribution in [3.8, 4) is 11.3 Å². The van der Waals surface area contributed by atoms with Crippen molar-refractivity contribution in [1.82, 2.24) is 25.3 Å². The standard InChI is InChI=1S/C34H34F2N6/c1-5-22(18-26(6-2)40-21(4)23-11-8-7-9-12-23)27-19-39-33(37)29(30(27)36)20(3)34-41-28-15-16-38-31(32(28)42-34)24-13-10-14-25(35)17-24/h5-6,10,13-19,23,40H,2-4,7-9,11-12H2,1H3,(H2,37,39)(H,41,42)/b22-5+,26-18+. The van der Waals surface area contributed by atoms with Gasteiger partial charge in [-0.05, 0) is 61.6 Å². The topological polar surface area (TPSA) is 92.5 Å². The average Bonchev–Trinajstić information content (AvgIpc) is 3.45. The lowest BCUT2D eigenvalue weighted by Crippen LogP contribution is -2.20. The fourth-order valence-corrected chi connectivity index (χ4v) is 5.40. The number of aromatic amines is 1. The molecule has 3 heterocycles. The molecule has 1 aliphatic carbocycles. The minimum atomic E-state index is -0.574. The Morgan fingerprint density at radius 1 is 1.12 bits per heavy atom. The molecule has 0 aliphatic heterocycles. The molecule has 0 amide bonds. The maximum Gasteiger partial charge on any atom is 0.144 e. The predicted molar refractivity (Wildman–Crippen MR) is 167 cm³/mol. The quantitative estimate of drug-likeness (QED) is 0.179. The second-order valence-corrected chi connectivity index (χ2v) is 10.4. The van der Waals surface area contributed by atoms with E-state index in [4.69, 9.17) is 5.73 Å². The highest BCUT2D eigenvalue weighted by atomic mass is 19.1. The molecule has 0 unspecified atom stereocenters. The Morgan fingerprint density at radius 2 is 1.90 bits per heavy atom. The minimum absolute atomic E-state index is 0.0163. The predicted octanol–water partition coefficient (Wildman–Crippen LogP) is 8.10. The van der Waals surface area contributed by atoms with Crippen molar-refractivity contribution in [2.45, 2.75) is 39.0 Å². The summed E-state index contributed by atoms with van der Waals surface area (Å²) in [5.41, 5.74) is 11.2. The lowest BCUT2D eigenvalue weighted by Gasteiger charge is -2.25. The molecule has 0 atom stereocenters. The molecule has 0 radical (unpaired) electrons. The van der Waals surface area contributed by atoms with Gasteiger partial charge in [0, 0.05) is 40.5 Å². The molecular weight excluding hydrogens is 530 g/mol. The number of hydrogen-bond donors (Lipinski definition) is 3. The molecule has 6 nitrogen and oxygen atoms in total. The van der Waals surface area contributed by atoms with Gasteiger partial charge in [0.05, 0.1) is 16.8 Å². The van der Waals surface area contributed by atoms with Crippen LogP contribution in [0.1, 0.15) is 56.0 Å². The highest BCUT2D eigenvalue weighted by Crippen LogP contribution is 2.34. The van der Waals surface area contributed by atoms with E-state index in [1.807, 2.05) is 13.0 Å². The fraction of sp³-hybridized carbons (Fsp3) is 0.206. The minimum Gasteiger partial charge on any atom is -0.383 e. The number of pyridine rings is 2. The van der Waals surface area contributed by atoms with Gasteiger partial charge in [-0.25, -0.2) is 18.7 Å². The Morgan fingerprint density at radius 3 is 2.62 bits per heavy atom. The molecule has 0 bridgehead atoms. The number of anilines is 1. The van der Waals surface area contributed by atoms with Crippen LogP contribution in [-0.4, -0.2) is 19.9 Å². The summed E-state index contributed by atoms with van der Waals surface area (Å²) < 4.78 is 30.2. The summed E-state index contributed by atoms with van der Waals surface area (Å²) in [4.78, 5) is 16.5. The Kier molecular flexibility index (Phi) is 8.43. The van der Waals surface area contributed by atoms with Crippen LogP contribution >= 0.6 is 0 Å². The molecule has 0 spiro atoms. The summed E-state index contributed by atoms with van der Waals surface area (Å²) in [7, 11) is 0. The number of H-pyrrole nitrogens is 1. The van der Waals surface area contributed by atoms with Crippen LogP contribution in [0.5, 0.6) is 0 Å².